The Morgan fingerprint density at radius 1 is 1.47 bits per heavy atom. The fourth-order valence-electron chi connectivity index (χ4n) is 1.84. The van der Waals surface area contributed by atoms with Crippen LogP contribution in [0.4, 0.5) is 4.79 Å². The van der Waals surface area contributed by atoms with E-state index >= 15 is 0 Å². The van der Waals surface area contributed by atoms with E-state index in [9.17, 15) is 4.79 Å². The molecule has 0 unspecified atom stereocenters. The van der Waals surface area contributed by atoms with Gasteiger partial charge in [0.2, 0.25) is 0 Å². The predicted octanol–water partition coefficient (Wildman–Crippen LogP) is 3.27. The second kappa shape index (κ2) is 4.69. The molecule has 1 aliphatic carbocycles. The minimum atomic E-state index is -0.825. The first-order valence-electron chi connectivity index (χ1n) is 5.60. The summed E-state index contributed by atoms with van der Waals surface area (Å²) in [5.74, 6) is 0. The van der Waals surface area contributed by atoms with Crippen LogP contribution in [0.1, 0.15) is 46.5 Å². The Hall–Kier alpha value is -0.990. The van der Waals surface area contributed by atoms with E-state index < -0.39 is 6.09 Å². The Balaban J connectivity index is 2.66. The standard InChI is InChI=1S/C12H21NO2/c1-12(2,3)13(11(14)15)9-10-7-5-4-6-8-10/h7H,4-6,8-9H2,1-3H3,(H,14,15). The molecule has 1 aliphatic rings. The van der Waals surface area contributed by atoms with Crippen LogP contribution in [0, 0.1) is 0 Å². The maximum atomic E-state index is 11.1. The zero-order valence-corrected chi connectivity index (χ0v) is 9.92. The summed E-state index contributed by atoms with van der Waals surface area (Å²) in [5, 5.41) is 9.14. The third kappa shape index (κ3) is 3.57. The summed E-state index contributed by atoms with van der Waals surface area (Å²) >= 11 is 0. The third-order valence-corrected chi connectivity index (χ3v) is 2.79. The molecular formula is C12H21NO2. The van der Waals surface area contributed by atoms with E-state index in [1.807, 2.05) is 20.8 Å². The molecule has 1 amide bonds. The van der Waals surface area contributed by atoms with Gasteiger partial charge in [-0.1, -0.05) is 11.6 Å². The van der Waals surface area contributed by atoms with E-state index in [-0.39, 0.29) is 5.54 Å². The molecule has 0 atom stereocenters. The first-order valence-corrected chi connectivity index (χ1v) is 5.60. The van der Waals surface area contributed by atoms with Gasteiger partial charge in [-0.2, -0.15) is 0 Å². The lowest BCUT2D eigenvalue weighted by Crippen LogP contribution is -2.46. The molecule has 15 heavy (non-hydrogen) atoms. The summed E-state index contributed by atoms with van der Waals surface area (Å²) in [5.41, 5.74) is 0.961. The van der Waals surface area contributed by atoms with Crippen LogP contribution in [0.3, 0.4) is 0 Å². The van der Waals surface area contributed by atoms with Crippen LogP contribution in [0.15, 0.2) is 11.6 Å². The van der Waals surface area contributed by atoms with Gasteiger partial charge < -0.3 is 5.11 Å². The molecule has 0 aromatic rings. The number of carboxylic acid groups (broad SMARTS) is 1. The van der Waals surface area contributed by atoms with Crippen LogP contribution in [-0.2, 0) is 0 Å². The van der Waals surface area contributed by atoms with Crippen molar-refractivity contribution in [1.82, 2.24) is 4.90 Å². The number of allylic oxidation sites excluding steroid dienone is 1. The van der Waals surface area contributed by atoms with Crippen LogP contribution in [-0.4, -0.2) is 28.2 Å². The molecule has 1 N–H and O–H groups in total. The van der Waals surface area contributed by atoms with Crippen LogP contribution < -0.4 is 0 Å². The Bertz CT molecular complexity index is 263. The minimum absolute atomic E-state index is 0.315. The average molecular weight is 211 g/mol. The smallest absolute Gasteiger partial charge is 0.408 e. The van der Waals surface area contributed by atoms with Crippen molar-refractivity contribution in [2.45, 2.75) is 52.0 Å². The molecule has 0 radical (unpaired) electrons. The molecule has 0 aromatic heterocycles. The largest absolute Gasteiger partial charge is 0.465 e. The zero-order valence-electron chi connectivity index (χ0n) is 9.92. The Kier molecular flexibility index (Phi) is 3.77. The van der Waals surface area contributed by atoms with Gasteiger partial charge in [0.25, 0.3) is 0 Å². The molecule has 0 saturated carbocycles. The summed E-state index contributed by atoms with van der Waals surface area (Å²) in [7, 11) is 0. The normalized spacial score (nSPS) is 17.1. The van der Waals surface area contributed by atoms with Crippen LogP contribution >= 0.6 is 0 Å². The highest BCUT2D eigenvalue weighted by atomic mass is 16.4. The van der Waals surface area contributed by atoms with E-state index in [1.165, 1.54) is 23.3 Å². The second-order valence-corrected chi connectivity index (χ2v) is 5.15. The number of nitrogens with zero attached hydrogens (tertiary/aromatic N) is 1. The van der Waals surface area contributed by atoms with Crippen molar-refractivity contribution in [3.8, 4) is 0 Å². The van der Waals surface area contributed by atoms with Crippen molar-refractivity contribution in [3.05, 3.63) is 11.6 Å². The van der Waals surface area contributed by atoms with Gasteiger partial charge >= 0.3 is 6.09 Å². The van der Waals surface area contributed by atoms with Crippen molar-refractivity contribution in [2.24, 2.45) is 0 Å². The summed E-state index contributed by atoms with van der Waals surface area (Å²) in [6, 6.07) is 0. The van der Waals surface area contributed by atoms with E-state index in [1.54, 1.807) is 0 Å². The van der Waals surface area contributed by atoms with Gasteiger partial charge in [0.05, 0.1) is 0 Å². The molecule has 0 heterocycles. The summed E-state index contributed by atoms with van der Waals surface area (Å²) in [6.07, 6.45) is 5.97. The van der Waals surface area contributed by atoms with Crippen LogP contribution in [0.5, 0.6) is 0 Å². The van der Waals surface area contributed by atoms with Gasteiger partial charge in [0, 0.05) is 12.1 Å². The lowest BCUT2D eigenvalue weighted by Gasteiger charge is -2.34. The predicted molar refractivity (Wildman–Crippen MR) is 61.0 cm³/mol. The molecule has 3 heteroatoms. The van der Waals surface area contributed by atoms with E-state index in [0.717, 1.165) is 12.8 Å². The summed E-state index contributed by atoms with van der Waals surface area (Å²) in [6.45, 7) is 6.37. The maximum Gasteiger partial charge on any atom is 0.408 e. The van der Waals surface area contributed by atoms with Gasteiger partial charge in [0.1, 0.15) is 0 Å². The van der Waals surface area contributed by atoms with Gasteiger partial charge in [-0.05, 0) is 46.5 Å². The highest BCUT2D eigenvalue weighted by molar-refractivity contribution is 5.66. The molecule has 0 spiro atoms. The first-order chi connectivity index (χ1) is 6.91. The lowest BCUT2D eigenvalue weighted by molar-refractivity contribution is 0.106. The highest BCUT2D eigenvalue weighted by Crippen LogP contribution is 2.22. The van der Waals surface area contributed by atoms with E-state index in [0.29, 0.717) is 6.54 Å². The van der Waals surface area contributed by atoms with E-state index in [4.69, 9.17) is 5.11 Å². The highest BCUT2D eigenvalue weighted by Gasteiger charge is 2.26. The fourth-order valence-corrected chi connectivity index (χ4v) is 1.84. The molecule has 86 valence electrons. The van der Waals surface area contributed by atoms with Gasteiger partial charge in [-0.15, -0.1) is 0 Å². The first kappa shape index (κ1) is 12.1. The number of rotatable bonds is 2. The SMILES string of the molecule is CC(C)(C)N(CC1=CCCCC1)C(=O)O. The van der Waals surface area contributed by atoms with Crippen molar-refractivity contribution in [2.75, 3.05) is 6.54 Å². The molecule has 1 rings (SSSR count). The molecule has 0 saturated heterocycles. The summed E-state index contributed by atoms with van der Waals surface area (Å²) in [4.78, 5) is 12.6. The minimum Gasteiger partial charge on any atom is -0.465 e. The number of hydrogen-bond acceptors (Lipinski definition) is 1. The molecular weight excluding hydrogens is 190 g/mol. The fraction of sp³-hybridized carbons (Fsp3) is 0.750. The summed E-state index contributed by atoms with van der Waals surface area (Å²) < 4.78 is 0. The van der Waals surface area contributed by atoms with Gasteiger partial charge in [0.15, 0.2) is 0 Å². The number of hydrogen-bond donors (Lipinski definition) is 1. The monoisotopic (exact) mass is 211 g/mol. The molecule has 0 bridgehead atoms. The van der Waals surface area contributed by atoms with E-state index in [2.05, 4.69) is 6.08 Å². The van der Waals surface area contributed by atoms with Crippen LogP contribution in [0.2, 0.25) is 0 Å². The average Bonchev–Trinajstić information content (AvgIpc) is 2.13. The van der Waals surface area contributed by atoms with Gasteiger partial charge in [-0.25, -0.2) is 4.79 Å². The van der Waals surface area contributed by atoms with Crippen LogP contribution in [0.25, 0.3) is 0 Å². The molecule has 3 nitrogen and oxygen atoms in total. The Morgan fingerprint density at radius 2 is 2.13 bits per heavy atom. The third-order valence-electron chi connectivity index (χ3n) is 2.79. The number of amides is 1. The second-order valence-electron chi connectivity index (χ2n) is 5.15. The number of carbonyl (C=O) groups is 1. The van der Waals surface area contributed by atoms with Gasteiger partial charge in [-0.3, -0.25) is 4.90 Å². The molecule has 0 aliphatic heterocycles. The van der Waals surface area contributed by atoms with Crippen molar-refractivity contribution < 1.29 is 9.90 Å². The maximum absolute atomic E-state index is 11.1. The van der Waals surface area contributed by atoms with Crippen molar-refractivity contribution >= 4 is 6.09 Å². The topological polar surface area (TPSA) is 40.5 Å². The molecule has 0 aromatic carbocycles. The lowest BCUT2D eigenvalue weighted by atomic mass is 9.97. The zero-order chi connectivity index (χ0) is 11.5. The van der Waals surface area contributed by atoms with Crippen molar-refractivity contribution in [1.29, 1.82) is 0 Å². The van der Waals surface area contributed by atoms with Crippen molar-refractivity contribution in [3.63, 3.8) is 0 Å². The Labute approximate surface area is 91.8 Å². The molecule has 0 fully saturated rings. The quantitative estimate of drug-likeness (QED) is 0.712. The Morgan fingerprint density at radius 3 is 2.53 bits per heavy atom.